The van der Waals surface area contributed by atoms with Gasteiger partial charge in [-0.25, -0.2) is 4.79 Å². The summed E-state index contributed by atoms with van der Waals surface area (Å²) in [6, 6.07) is 3.21. The van der Waals surface area contributed by atoms with E-state index in [4.69, 9.17) is 21.4 Å². The smallest absolute Gasteiger partial charge is 0.341 e. The van der Waals surface area contributed by atoms with Gasteiger partial charge in [0.05, 0.1) is 16.1 Å². The van der Waals surface area contributed by atoms with E-state index in [9.17, 15) is 4.79 Å². The quantitative estimate of drug-likeness (QED) is 0.837. The Morgan fingerprint density at radius 2 is 2.25 bits per heavy atom. The van der Waals surface area contributed by atoms with E-state index < -0.39 is 5.97 Å². The highest BCUT2D eigenvalue weighted by Gasteiger charge is 2.18. The second-order valence-electron chi connectivity index (χ2n) is 3.24. The number of aromatic carboxylic acids is 1. The van der Waals surface area contributed by atoms with Crippen molar-refractivity contribution in [3.8, 4) is 5.75 Å². The first-order chi connectivity index (χ1) is 7.57. The highest BCUT2D eigenvalue weighted by molar-refractivity contribution is 9.10. The van der Waals surface area contributed by atoms with Gasteiger partial charge in [-0.2, -0.15) is 0 Å². The molecule has 0 amide bonds. The van der Waals surface area contributed by atoms with E-state index in [1.54, 1.807) is 6.07 Å². The van der Waals surface area contributed by atoms with Gasteiger partial charge < -0.3 is 9.84 Å². The average molecular weight is 308 g/mol. The normalized spacial score (nSPS) is 10.2. The first-order valence-corrected chi connectivity index (χ1v) is 6.09. The number of ether oxygens (including phenoxy) is 1. The van der Waals surface area contributed by atoms with Gasteiger partial charge in [0.1, 0.15) is 11.3 Å². The summed E-state index contributed by atoms with van der Waals surface area (Å²) < 4.78 is 6.04. The van der Waals surface area contributed by atoms with Gasteiger partial charge in [0.25, 0.3) is 0 Å². The number of unbranched alkanes of at least 4 members (excludes halogenated alkanes) is 1. The third-order valence-electron chi connectivity index (χ3n) is 2.02. The molecule has 0 aliphatic rings. The Balaban J connectivity index is 3.03. The first-order valence-electron chi connectivity index (χ1n) is 4.92. The molecule has 1 aromatic rings. The van der Waals surface area contributed by atoms with Crippen LogP contribution in [0.4, 0.5) is 0 Å². The number of benzene rings is 1. The summed E-state index contributed by atoms with van der Waals surface area (Å²) in [5.74, 6) is -0.786. The number of rotatable bonds is 5. The van der Waals surface area contributed by atoms with Crippen LogP contribution < -0.4 is 4.74 Å². The van der Waals surface area contributed by atoms with Crippen LogP contribution in [0.1, 0.15) is 30.1 Å². The number of hydrogen-bond donors (Lipinski definition) is 1. The molecule has 0 saturated heterocycles. The maximum Gasteiger partial charge on any atom is 0.341 e. The Bertz CT molecular complexity index is 393. The lowest BCUT2D eigenvalue weighted by Gasteiger charge is -2.11. The highest BCUT2D eigenvalue weighted by Crippen LogP contribution is 2.34. The van der Waals surface area contributed by atoms with Gasteiger partial charge in [-0.05, 0) is 34.5 Å². The fraction of sp³-hybridized carbons (Fsp3) is 0.364. The molecule has 0 aliphatic carbocycles. The lowest BCUT2D eigenvalue weighted by molar-refractivity contribution is 0.0692. The van der Waals surface area contributed by atoms with Crippen molar-refractivity contribution in [3.63, 3.8) is 0 Å². The Morgan fingerprint density at radius 1 is 1.56 bits per heavy atom. The molecule has 16 heavy (non-hydrogen) atoms. The van der Waals surface area contributed by atoms with Gasteiger partial charge in [0.2, 0.25) is 0 Å². The summed E-state index contributed by atoms with van der Waals surface area (Å²) in [5, 5.41) is 9.22. The summed E-state index contributed by atoms with van der Waals surface area (Å²) >= 11 is 9.08. The lowest BCUT2D eigenvalue weighted by atomic mass is 10.2. The minimum atomic E-state index is -1.09. The van der Waals surface area contributed by atoms with Gasteiger partial charge in [-0.15, -0.1) is 0 Å². The summed E-state index contributed by atoms with van der Waals surface area (Å²) in [6.07, 6.45) is 1.86. The van der Waals surface area contributed by atoms with Crippen LogP contribution in [0, 0.1) is 0 Å². The molecule has 0 aliphatic heterocycles. The fourth-order valence-electron chi connectivity index (χ4n) is 1.19. The molecule has 88 valence electrons. The van der Waals surface area contributed by atoms with Crippen LogP contribution in [0.3, 0.4) is 0 Å². The number of carbonyl (C=O) groups is 1. The number of carboxylic acid groups (broad SMARTS) is 1. The molecule has 5 heteroatoms. The van der Waals surface area contributed by atoms with Gasteiger partial charge in [-0.3, -0.25) is 0 Å². The van der Waals surface area contributed by atoms with E-state index >= 15 is 0 Å². The van der Waals surface area contributed by atoms with E-state index in [-0.39, 0.29) is 10.6 Å². The zero-order chi connectivity index (χ0) is 12.1. The molecule has 1 N–H and O–H groups in total. The summed E-state index contributed by atoms with van der Waals surface area (Å²) in [5.41, 5.74) is 0.00662. The van der Waals surface area contributed by atoms with Crippen LogP contribution in [0.5, 0.6) is 5.75 Å². The molecule has 0 fully saturated rings. The zero-order valence-electron chi connectivity index (χ0n) is 8.80. The molecule has 1 aromatic carbocycles. The molecular formula is C11H12BrClO3. The van der Waals surface area contributed by atoms with E-state index in [0.717, 1.165) is 12.8 Å². The monoisotopic (exact) mass is 306 g/mol. The largest absolute Gasteiger partial charge is 0.491 e. The molecular weight excluding hydrogens is 295 g/mol. The maximum atomic E-state index is 11.0. The predicted octanol–water partition coefficient (Wildman–Crippen LogP) is 3.98. The molecule has 0 spiro atoms. The van der Waals surface area contributed by atoms with Gasteiger partial charge in [0.15, 0.2) is 0 Å². The second kappa shape index (κ2) is 6.11. The van der Waals surface area contributed by atoms with Crippen LogP contribution in [0.15, 0.2) is 16.6 Å². The highest BCUT2D eigenvalue weighted by atomic mass is 79.9. The topological polar surface area (TPSA) is 46.5 Å². The van der Waals surface area contributed by atoms with Gasteiger partial charge >= 0.3 is 5.97 Å². The summed E-state index contributed by atoms with van der Waals surface area (Å²) in [6.45, 7) is 2.52. The molecule has 0 atom stereocenters. The third kappa shape index (κ3) is 3.12. The Hall–Kier alpha value is -0.740. The Kier molecular flexibility index (Phi) is 5.09. The van der Waals surface area contributed by atoms with Crippen molar-refractivity contribution in [1.82, 2.24) is 0 Å². The Morgan fingerprint density at radius 3 is 2.81 bits per heavy atom. The fourth-order valence-corrected chi connectivity index (χ4v) is 1.87. The first kappa shape index (κ1) is 13.3. The number of halogens is 2. The molecule has 0 unspecified atom stereocenters. The van der Waals surface area contributed by atoms with Crippen molar-refractivity contribution < 1.29 is 14.6 Å². The van der Waals surface area contributed by atoms with Crippen LogP contribution >= 0.6 is 27.5 Å². The van der Waals surface area contributed by atoms with E-state index in [1.165, 1.54) is 6.07 Å². The van der Waals surface area contributed by atoms with Gasteiger partial charge in [0, 0.05) is 0 Å². The predicted molar refractivity (Wildman–Crippen MR) is 66.5 cm³/mol. The van der Waals surface area contributed by atoms with Crippen molar-refractivity contribution in [2.24, 2.45) is 0 Å². The Labute approximate surface area is 107 Å². The summed E-state index contributed by atoms with van der Waals surface area (Å²) in [7, 11) is 0. The van der Waals surface area contributed by atoms with Crippen LogP contribution in [0.2, 0.25) is 5.02 Å². The number of carboxylic acids is 1. The van der Waals surface area contributed by atoms with Crippen molar-refractivity contribution in [2.75, 3.05) is 6.61 Å². The van der Waals surface area contributed by atoms with E-state index in [0.29, 0.717) is 16.8 Å². The van der Waals surface area contributed by atoms with Crippen LogP contribution in [-0.2, 0) is 0 Å². The van der Waals surface area contributed by atoms with Crippen LogP contribution in [-0.4, -0.2) is 17.7 Å². The minimum absolute atomic E-state index is 0.00662. The van der Waals surface area contributed by atoms with Crippen molar-refractivity contribution in [1.29, 1.82) is 0 Å². The van der Waals surface area contributed by atoms with Crippen molar-refractivity contribution in [3.05, 3.63) is 27.2 Å². The van der Waals surface area contributed by atoms with E-state index in [1.807, 2.05) is 6.92 Å². The molecule has 1 rings (SSSR count). The maximum absolute atomic E-state index is 11.0. The molecule has 0 radical (unpaired) electrons. The third-order valence-corrected chi connectivity index (χ3v) is 2.96. The average Bonchev–Trinajstić information content (AvgIpc) is 2.23. The van der Waals surface area contributed by atoms with Crippen LogP contribution in [0.25, 0.3) is 0 Å². The lowest BCUT2D eigenvalue weighted by Crippen LogP contribution is -2.06. The van der Waals surface area contributed by atoms with E-state index in [2.05, 4.69) is 15.9 Å². The minimum Gasteiger partial charge on any atom is -0.491 e. The zero-order valence-corrected chi connectivity index (χ0v) is 11.1. The SMILES string of the molecule is CCCCOc1c(Br)ccc(Cl)c1C(=O)O. The molecule has 0 bridgehead atoms. The second-order valence-corrected chi connectivity index (χ2v) is 4.50. The number of hydrogen-bond acceptors (Lipinski definition) is 2. The molecule has 0 heterocycles. The van der Waals surface area contributed by atoms with Crippen molar-refractivity contribution in [2.45, 2.75) is 19.8 Å². The standard InChI is InChI=1S/C11H12BrClO3/c1-2-3-6-16-10-7(12)4-5-8(13)9(10)11(14)15/h4-5H,2-3,6H2,1H3,(H,14,15). The molecule has 0 aromatic heterocycles. The van der Waals surface area contributed by atoms with Crippen molar-refractivity contribution >= 4 is 33.5 Å². The molecule has 0 saturated carbocycles. The molecule has 3 nitrogen and oxygen atoms in total. The summed E-state index contributed by atoms with van der Waals surface area (Å²) in [4.78, 5) is 11.0. The van der Waals surface area contributed by atoms with Gasteiger partial charge in [-0.1, -0.05) is 24.9 Å².